The highest BCUT2D eigenvalue weighted by molar-refractivity contribution is 7.91. The fourth-order valence-corrected chi connectivity index (χ4v) is 3.62. The molecule has 1 aliphatic rings. The summed E-state index contributed by atoms with van der Waals surface area (Å²) in [4.78, 5) is 11.5. The molecule has 2 rings (SSSR count). The van der Waals surface area contributed by atoms with Gasteiger partial charge >= 0.3 is 0 Å². The van der Waals surface area contributed by atoms with E-state index in [0.717, 1.165) is 17.5 Å². The van der Waals surface area contributed by atoms with Gasteiger partial charge in [0.15, 0.2) is 9.84 Å². The smallest absolute Gasteiger partial charge is 0.238 e. The normalized spacial score (nSPS) is 17.2. The molecular formula is C11H14N2O3S. The second kappa shape index (κ2) is 4.46. The molecule has 0 fully saturated rings. The first-order chi connectivity index (χ1) is 8.03. The van der Waals surface area contributed by atoms with Gasteiger partial charge in [0.1, 0.15) is 0 Å². The van der Waals surface area contributed by atoms with Crippen LogP contribution in [0.25, 0.3) is 0 Å². The summed E-state index contributed by atoms with van der Waals surface area (Å²) in [7, 11) is -3.12. The average Bonchev–Trinajstić information content (AvgIpc) is 2.28. The third kappa shape index (κ3) is 2.48. The quantitative estimate of drug-likeness (QED) is 0.439. The second-order valence-electron chi connectivity index (χ2n) is 4.11. The van der Waals surface area contributed by atoms with Crippen molar-refractivity contribution in [3.05, 3.63) is 29.3 Å². The Balaban J connectivity index is 2.35. The predicted octanol–water partition coefficient (Wildman–Crippen LogP) is -0.0611. The summed E-state index contributed by atoms with van der Waals surface area (Å²) < 4.78 is 23.5. The molecule has 1 amide bonds. The van der Waals surface area contributed by atoms with Crippen LogP contribution in [0.15, 0.2) is 23.1 Å². The Morgan fingerprint density at radius 3 is 2.88 bits per heavy atom. The minimum absolute atomic E-state index is 0.170. The molecule has 1 heterocycles. The van der Waals surface area contributed by atoms with Crippen LogP contribution in [0.4, 0.5) is 0 Å². The highest BCUT2D eigenvalue weighted by Gasteiger charge is 2.23. The van der Waals surface area contributed by atoms with Crippen LogP contribution in [0.5, 0.6) is 0 Å². The highest BCUT2D eigenvalue weighted by Crippen LogP contribution is 2.25. The number of benzene rings is 1. The number of aryl methyl sites for hydroxylation is 1. The van der Waals surface area contributed by atoms with Crippen LogP contribution in [0, 0.1) is 0 Å². The lowest BCUT2D eigenvalue weighted by atomic mass is 10.0. The summed E-state index contributed by atoms with van der Waals surface area (Å²) in [6, 6.07) is 5.03. The lowest BCUT2D eigenvalue weighted by Gasteiger charge is -2.16. The standard InChI is InChI=1S/C11H14N2O3S/c12-13-11(14)7-8-3-4-10-9(6-8)2-1-5-17(10,15)16/h3-4,6H,1-2,5,7,12H2,(H,13,14). The molecule has 0 saturated heterocycles. The number of hydrogen-bond donors (Lipinski definition) is 2. The van der Waals surface area contributed by atoms with E-state index in [-0.39, 0.29) is 18.1 Å². The van der Waals surface area contributed by atoms with Crippen molar-refractivity contribution in [1.29, 1.82) is 0 Å². The Bertz CT molecular complexity index is 552. The number of fused-ring (bicyclic) bond motifs is 1. The fraction of sp³-hybridized carbons (Fsp3) is 0.364. The van der Waals surface area contributed by atoms with E-state index in [1.165, 1.54) is 0 Å². The van der Waals surface area contributed by atoms with E-state index >= 15 is 0 Å². The number of carbonyl (C=O) groups is 1. The number of hydrogen-bond acceptors (Lipinski definition) is 4. The third-order valence-corrected chi connectivity index (χ3v) is 4.74. The molecule has 3 N–H and O–H groups in total. The zero-order valence-electron chi connectivity index (χ0n) is 9.27. The van der Waals surface area contributed by atoms with Crippen LogP contribution >= 0.6 is 0 Å². The van der Waals surface area contributed by atoms with E-state index in [4.69, 9.17) is 5.84 Å². The largest absolute Gasteiger partial charge is 0.294 e. The van der Waals surface area contributed by atoms with E-state index in [0.29, 0.717) is 11.3 Å². The number of rotatable bonds is 2. The van der Waals surface area contributed by atoms with Crippen LogP contribution in [0.3, 0.4) is 0 Å². The maximum absolute atomic E-state index is 11.8. The first-order valence-electron chi connectivity index (χ1n) is 5.37. The molecule has 6 heteroatoms. The van der Waals surface area contributed by atoms with Gasteiger partial charge in [0.25, 0.3) is 0 Å². The van der Waals surface area contributed by atoms with Gasteiger partial charge in [-0.25, -0.2) is 14.3 Å². The maximum atomic E-state index is 11.8. The van der Waals surface area contributed by atoms with Gasteiger partial charge in [0.2, 0.25) is 5.91 Å². The van der Waals surface area contributed by atoms with Gasteiger partial charge in [-0.15, -0.1) is 0 Å². The zero-order chi connectivity index (χ0) is 12.5. The van der Waals surface area contributed by atoms with Gasteiger partial charge in [-0.3, -0.25) is 10.2 Å². The summed E-state index contributed by atoms with van der Waals surface area (Å²) in [5.41, 5.74) is 3.64. The lowest BCUT2D eigenvalue weighted by Crippen LogP contribution is -2.31. The first-order valence-corrected chi connectivity index (χ1v) is 7.02. The molecule has 1 aromatic carbocycles. The third-order valence-electron chi connectivity index (χ3n) is 2.84. The zero-order valence-corrected chi connectivity index (χ0v) is 10.1. The number of nitrogens with two attached hydrogens (primary N) is 1. The summed E-state index contributed by atoms with van der Waals surface area (Å²) in [6.07, 6.45) is 1.55. The van der Waals surface area contributed by atoms with Gasteiger partial charge in [-0.2, -0.15) is 0 Å². The number of carbonyl (C=O) groups excluding carboxylic acids is 1. The monoisotopic (exact) mass is 254 g/mol. The van der Waals surface area contributed by atoms with Crippen molar-refractivity contribution in [2.24, 2.45) is 5.84 Å². The van der Waals surface area contributed by atoms with Crippen LogP contribution in [0.2, 0.25) is 0 Å². The van der Waals surface area contributed by atoms with Gasteiger partial charge in [0, 0.05) is 0 Å². The van der Waals surface area contributed by atoms with E-state index in [1.54, 1.807) is 18.2 Å². The predicted molar refractivity (Wildman–Crippen MR) is 62.8 cm³/mol. The molecule has 0 aromatic heterocycles. The molecule has 1 aliphatic heterocycles. The molecule has 0 radical (unpaired) electrons. The number of amides is 1. The van der Waals surface area contributed by atoms with Crippen molar-refractivity contribution in [2.45, 2.75) is 24.2 Å². The molecule has 0 atom stereocenters. The molecule has 5 nitrogen and oxygen atoms in total. The van der Waals surface area contributed by atoms with Crippen LogP contribution in [-0.4, -0.2) is 20.1 Å². The van der Waals surface area contributed by atoms with Crippen LogP contribution < -0.4 is 11.3 Å². The molecule has 0 aliphatic carbocycles. The van der Waals surface area contributed by atoms with Crippen molar-refractivity contribution in [2.75, 3.05) is 5.75 Å². The summed E-state index contributed by atoms with van der Waals surface area (Å²) >= 11 is 0. The van der Waals surface area contributed by atoms with Crippen molar-refractivity contribution >= 4 is 15.7 Å². The van der Waals surface area contributed by atoms with Crippen molar-refractivity contribution in [3.63, 3.8) is 0 Å². The minimum atomic E-state index is -3.12. The van der Waals surface area contributed by atoms with Gasteiger partial charge in [-0.05, 0) is 30.0 Å². The van der Waals surface area contributed by atoms with Crippen molar-refractivity contribution in [3.8, 4) is 0 Å². The topological polar surface area (TPSA) is 89.3 Å². The molecule has 0 unspecified atom stereocenters. The van der Waals surface area contributed by atoms with Crippen LogP contribution in [-0.2, 0) is 27.5 Å². The SMILES string of the molecule is NNC(=O)Cc1ccc2c(c1)CCCS2(=O)=O. The average molecular weight is 254 g/mol. The molecule has 1 aromatic rings. The molecule has 0 spiro atoms. The van der Waals surface area contributed by atoms with Gasteiger partial charge < -0.3 is 0 Å². The van der Waals surface area contributed by atoms with Crippen molar-refractivity contribution < 1.29 is 13.2 Å². The lowest BCUT2D eigenvalue weighted by molar-refractivity contribution is -0.120. The van der Waals surface area contributed by atoms with E-state index in [1.807, 2.05) is 0 Å². The molecular weight excluding hydrogens is 240 g/mol. The first kappa shape index (κ1) is 12.1. The maximum Gasteiger partial charge on any atom is 0.238 e. The minimum Gasteiger partial charge on any atom is -0.294 e. The second-order valence-corrected chi connectivity index (χ2v) is 6.19. The number of hydrazine groups is 1. The molecule has 0 bridgehead atoms. The fourth-order valence-electron chi connectivity index (χ4n) is 2.04. The molecule has 17 heavy (non-hydrogen) atoms. The summed E-state index contributed by atoms with van der Waals surface area (Å²) in [5.74, 6) is 4.93. The Morgan fingerprint density at radius 1 is 1.41 bits per heavy atom. The summed E-state index contributed by atoms with van der Waals surface area (Å²) in [5, 5.41) is 0. The Morgan fingerprint density at radius 2 is 2.18 bits per heavy atom. The molecule has 92 valence electrons. The Labute approximate surface area is 99.9 Å². The van der Waals surface area contributed by atoms with E-state index < -0.39 is 9.84 Å². The van der Waals surface area contributed by atoms with E-state index in [2.05, 4.69) is 5.43 Å². The van der Waals surface area contributed by atoms with E-state index in [9.17, 15) is 13.2 Å². The van der Waals surface area contributed by atoms with Gasteiger partial charge in [0.05, 0.1) is 17.1 Å². The van der Waals surface area contributed by atoms with Gasteiger partial charge in [-0.1, -0.05) is 12.1 Å². The van der Waals surface area contributed by atoms with Crippen LogP contribution in [0.1, 0.15) is 17.5 Å². The number of sulfone groups is 1. The Hall–Kier alpha value is -1.40. The Kier molecular flexibility index (Phi) is 3.17. The van der Waals surface area contributed by atoms with Crippen molar-refractivity contribution in [1.82, 2.24) is 5.43 Å². The number of nitrogens with one attached hydrogen (secondary N) is 1. The summed E-state index contributed by atoms with van der Waals surface area (Å²) in [6.45, 7) is 0. The molecule has 0 saturated carbocycles. The highest BCUT2D eigenvalue weighted by atomic mass is 32.2.